The summed E-state index contributed by atoms with van der Waals surface area (Å²) in [5.41, 5.74) is 11.8. The van der Waals surface area contributed by atoms with Crippen molar-refractivity contribution in [2.24, 2.45) is 0 Å². The van der Waals surface area contributed by atoms with Crippen LogP contribution in [0.2, 0.25) is 0 Å². The van der Waals surface area contributed by atoms with Gasteiger partial charge >= 0.3 is 0 Å². The Hall–Kier alpha value is -1.81. The van der Waals surface area contributed by atoms with Crippen LogP contribution in [0.15, 0.2) is 24.3 Å². The second-order valence-corrected chi connectivity index (χ2v) is 5.27. The van der Waals surface area contributed by atoms with Crippen molar-refractivity contribution in [3.63, 3.8) is 0 Å². The van der Waals surface area contributed by atoms with Crippen LogP contribution < -0.4 is 5.73 Å². The van der Waals surface area contributed by atoms with E-state index in [-0.39, 0.29) is 0 Å². The molecule has 0 saturated heterocycles. The largest absolute Gasteiger partial charge is 0.399 e. The molecule has 1 aliphatic rings. The van der Waals surface area contributed by atoms with Crippen LogP contribution in [0.4, 0.5) is 5.69 Å². The fourth-order valence-electron chi connectivity index (χ4n) is 2.83. The van der Waals surface area contributed by atoms with Crippen molar-refractivity contribution in [3.8, 4) is 0 Å². The second-order valence-electron chi connectivity index (χ2n) is 5.27. The molecule has 0 bridgehead atoms. The van der Waals surface area contributed by atoms with E-state index in [0.717, 1.165) is 37.6 Å². The van der Waals surface area contributed by atoms with E-state index in [1.807, 2.05) is 6.07 Å². The maximum atomic E-state index is 5.85. The van der Waals surface area contributed by atoms with Crippen LogP contribution in [0.3, 0.4) is 0 Å². The predicted octanol–water partition coefficient (Wildman–Crippen LogP) is 2.31. The molecule has 0 unspecified atom stereocenters. The lowest BCUT2D eigenvalue weighted by Crippen LogP contribution is -2.18. The predicted molar refractivity (Wildman–Crippen MR) is 76.4 cm³/mol. The summed E-state index contributed by atoms with van der Waals surface area (Å²) in [6.07, 6.45) is 0. The molecular formula is C15H20N4. The zero-order chi connectivity index (χ0) is 13.4. The molecule has 0 saturated carbocycles. The maximum absolute atomic E-state index is 5.85. The summed E-state index contributed by atoms with van der Waals surface area (Å²) in [5, 5.41) is 4.50. The topological polar surface area (TPSA) is 47.1 Å². The lowest BCUT2D eigenvalue weighted by Gasteiger charge is -2.15. The molecule has 0 atom stereocenters. The number of hydrogen-bond donors (Lipinski definition) is 1. The molecule has 0 amide bonds. The van der Waals surface area contributed by atoms with E-state index in [1.54, 1.807) is 0 Å². The Morgan fingerprint density at radius 2 is 2.00 bits per heavy atom. The highest BCUT2D eigenvalue weighted by molar-refractivity contribution is 5.46. The van der Waals surface area contributed by atoms with Gasteiger partial charge in [0.1, 0.15) is 0 Å². The van der Waals surface area contributed by atoms with Crippen molar-refractivity contribution in [1.82, 2.24) is 14.7 Å². The highest BCUT2D eigenvalue weighted by atomic mass is 15.3. The summed E-state index contributed by atoms with van der Waals surface area (Å²) >= 11 is 0. The molecule has 1 aromatic carbocycles. The van der Waals surface area contributed by atoms with Crippen LogP contribution in [-0.2, 0) is 26.2 Å². The summed E-state index contributed by atoms with van der Waals surface area (Å²) in [4.78, 5) is 2.44. The van der Waals surface area contributed by atoms with Gasteiger partial charge in [-0.3, -0.25) is 9.58 Å². The number of aryl methyl sites for hydroxylation is 2. The normalized spacial score (nSPS) is 14.8. The van der Waals surface area contributed by atoms with Gasteiger partial charge in [0.05, 0.1) is 11.4 Å². The van der Waals surface area contributed by atoms with Crippen LogP contribution in [-0.4, -0.2) is 14.7 Å². The van der Waals surface area contributed by atoms with Gasteiger partial charge in [-0.15, -0.1) is 0 Å². The highest BCUT2D eigenvalue weighted by Gasteiger charge is 2.20. The van der Waals surface area contributed by atoms with E-state index in [9.17, 15) is 0 Å². The molecule has 0 radical (unpaired) electrons. The van der Waals surface area contributed by atoms with Gasteiger partial charge in [0.25, 0.3) is 0 Å². The Labute approximate surface area is 113 Å². The van der Waals surface area contributed by atoms with Crippen LogP contribution >= 0.6 is 0 Å². The van der Waals surface area contributed by atoms with E-state index in [4.69, 9.17) is 5.73 Å². The number of nitrogens with zero attached hydrogens (tertiary/aromatic N) is 3. The van der Waals surface area contributed by atoms with Crippen LogP contribution in [0.25, 0.3) is 0 Å². The van der Waals surface area contributed by atoms with Crippen molar-refractivity contribution < 1.29 is 0 Å². The van der Waals surface area contributed by atoms with E-state index < -0.39 is 0 Å². The van der Waals surface area contributed by atoms with Gasteiger partial charge in [-0.05, 0) is 43.2 Å². The second kappa shape index (κ2) is 4.70. The molecule has 4 nitrogen and oxygen atoms in total. The molecule has 0 aliphatic carbocycles. The van der Waals surface area contributed by atoms with E-state index in [0.29, 0.717) is 0 Å². The number of nitrogens with two attached hydrogens (primary N) is 1. The van der Waals surface area contributed by atoms with Gasteiger partial charge in [0, 0.05) is 31.9 Å². The lowest BCUT2D eigenvalue weighted by atomic mass is 10.1. The fraction of sp³-hybridized carbons (Fsp3) is 0.400. The molecule has 2 heterocycles. The van der Waals surface area contributed by atoms with Crippen molar-refractivity contribution in [2.75, 3.05) is 5.73 Å². The lowest BCUT2D eigenvalue weighted by molar-refractivity contribution is 0.266. The number of rotatable bonds is 3. The summed E-state index contributed by atoms with van der Waals surface area (Å²) in [6, 6.07) is 8.41. The third-order valence-corrected chi connectivity index (χ3v) is 3.69. The van der Waals surface area contributed by atoms with E-state index >= 15 is 0 Å². The summed E-state index contributed by atoms with van der Waals surface area (Å²) in [5.74, 6) is 0. The minimum absolute atomic E-state index is 0.857. The SMILES string of the molecule is CCn1nc(C)cc1CN1Cc2ccc(N)cc2C1. The third kappa shape index (κ3) is 2.36. The molecule has 3 rings (SSSR count). The molecule has 4 heteroatoms. The molecule has 100 valence electrons. The molecule has 2 N–H and O–H groups in total. The molecule has 1 aromatic heterocycles. The summed E-state index contributed by atoms with van der Waals surface area (Å²) in [7, 11) is 0. The third-order valence-electron chi connectivity index (χ3n) is 3.69. The standard InChI is InChI=1S/C15H20N4/c1-3-19-15(6-11(2)17-19)10-18-8-12-4-5-14(16)7-13(12)9-18/h4-7H,3,8-10,16H2,1-2H3. The first-order chi connectivity index (χ1) is 9.15. The van der Waals surface area contributed by atoms with Crippen molar-refractivity contribution in [3.05, 3.63) is 46.8 Å². The average molecular weight is 256 g/mol. The van der Waals surface area contributed by atoms with Crippen molar-refractivity contribution in [2.45, 2.75) is 40.0 Å². The van der Waals surface area contributed by atoms with Crippen LogP contribution in [0, 0.1) is 6.92 Å². The Morgan fingerprint density at radius 3 is 2.79 bits per heavy atom. The van der Waals surface area contributed by atoms with Gasteiger partial charge in [-0.1, -0.05) is 6.07 Å². The van der Waals surface area contributed by atoms with Gasteiger partial charge < -0.3 is 5.73 Å². The Morgan fingerprint density at radius 1 is 1.21 bits per heavy atom. The summed E-state index contributed by atoms with van der Waals surface area (Å²) < 4.78 is 2.09. The molecule has 1 aliphatic heterocycles. The van der Waals surface area contributed by atoms with Crippen LogP contribution in [0.1, 0.15) is 29.4 Å². The van der Waals surface area contributed by atoms with E-state index in [1.165, 1.54) is 16.8 Å². The first-order valence-corrected chi connectivity index (χ1v) is 6.78. The number of benzene rings is 1. The quantitative estimate of drug-likeness (QED) is 0.857. The van der Waals surface area contributed by atoms with Gasteiger partial charge in [0.2, 0.25) is 0 Å². The zero-order valence-corrected chi connectivity index (χ0v) is 11.6. The van der Waals surface area contributed by atoms with Crippen molar-refractivity contribution >= 4 is 5.69 Å². The Bertz CT molecular complexity index is 600. The average Bonchev–Trinajstić information content (AvgIpc) is 2.92. The van der Waals surface area contributed by atoms with Gasteiger partial charge in [-0.25, -0.2) is 0 Å². The first-order valence-electron chi connectivity index (χ1n) is 6.78. The number of aromatic nitrogens is 2. The monoisotopic (exact) mass is 256 g/mol. The Balaban J connectivity index is 1.76. The van der Waals surface area contributed by atoms with E-state index in [2.05, 4.69) is 46.7 Å². The number of nitrogen functional groups attached to an aromatic ring is 1. The molecular weight excluding hydrogens is 236 g/mol. The highest BCUT2D eigenvalue weighted by Crippen LogP contribution is 2.26. The number of anilines is 1. The molecule has 0 fully saturated rings. The minimum Gasteiger partial charge on any atom is -0.399 e. The maximum Gasteiger partial charge on any atom is 0.0597 e. The zero-order valence-electron chi connectivity index (χ0n) is 11.6. The first kappa shape index (κ1) is 12.2. The number of fused-ring (bicyclic) bond motifs is 1. The fourth-order valence-corrected chi connectivity index (χ4v) is 2.83. The summed E-state index contributed by atoms with van der Waals surface area (Å²) in [6.45, 7) is 8.04. The molecule has 0 spiro atoms. The van der Waals surface area contributed by atoms with Crippen molar-refractivity contribution in [1.29, 1.82) is 0 Å². The van der Waals surface area contributed by atoms with Gasteiger partial charge in [-0.2, -0.15) is 5.10 Å². The van der Waals surface area contributed by atoms with Gasteiger partial charge in [0.15, 0.2) is 0 Å². The van der Waals surface area contributed by atoms with Crippen LogP contribution in [0.5, 0.6) is 0 Å². The minimum atomic E-state index is 0.857. The molecule has 2 aromatic rings. The molecule has 19 heavy (non-hydrogen) atoms. The number of hydrogen-bond acceptors (Lipinski definition) is 3. The smallest absolute Gasteiger partial charge is 0.0597 e. The Kier molecular flexibility index (Phi) is 3.03.